The van der Waals surface area contributed by atoms with Crippen LogP contribution in [0.25, 0.3) is 0 Å². The topological polar surface area (TPSA) is 90.3 Å². The number of alkyl halides is 3. The average Bonchev–Trinajstić information content (AvgIpc) is 3.20. The summed E-state index contributed by atoms with van der Waals surface area (Å²) in [6.07, 6.45) is 1.84. The molecular formula is C20H20F3N5O. The maximum Gasteiger partial charge on any atom is 0.421 e. The average molecular weight is 403 g/mol. The van der Waals surface area contributed by atoms with Gasteiger partial charge in [0.1, 0.15) is 5.56 Å². The van der Waals surface area contributed by atoms with E-state index in [2.05, 4.69) is 9.97 Å². The molecule has 1 saturated heterocycles. The predicted octanol–water partition coefficient (Wildman–Crippen LogP) is 3.33. The van der Waals surface area contributed by atoms with Crippen LogP contribution in [0.5, 0.6) is 0 Å². The van der Waals surface area contributed by atoms with E-state index in [0.29, 0.717) is 12.1 Å². The predicted molar refractivity (Wildman–Crippen MR) is 101 cm³/mol. The van der Waals surface area contributed by atoms with Crippen molar-refractivity contribution in [3.8, 4) is 0 Å². The van der Waals surface area contributed by atoms with Crippen LogP contribution in [0.1, 0.15) is 35.8 Å². The van der Waals surface area contributed by atoms with Crippen molar-refractivity contribution in [3.63, 3.8) is 0 Å². The molecule has 0 bridgehead atoms. The lowest BCUT2D eigenvalue weighted by atomic mass is 9.90. The largest absolute Gasteiger partial charge is 0.421 e. The Labute approximate surface area is 165 Å². The third kappa shape index (κ3) is 3.70. The molecule has 2 aliphatic rings. The van der Waals surface area contributed by atoms with Gasteiger partial charge in [0.25, 0.3) is 0 Å². The van der Waals surface area contributed by atoms with E-state index < -0.39 is 23.3 Å². The highest BCUT2D eigenvalue weighted by molar-refractivity contribution is 5.49. The van der Waals surface area contributed by atoms with E-state index in [9.17, 15) is 13.2 Å². The third-order valence-corrected chi connectivity index (χ3v) is 5.04. The molecule has 29 heavy (non-hydrogen) atoms. The first kappa shape index (κ1) is 19.4. The van der Waals surface area contributed by atoms with E-state index in [-0.39, 0.29) is 24.7 Å². The van der Waals surface area contributed by atoms with Gasteiger partial charge in [0.2, 0.25) is 0 Å². The van der Waals surface area contributed by atoms with Crippen LogP contribution in [0, 0.1) is 0 Å². The maximum absolute atomic E-state index is 13.7. The summed E-state index contributed by atoms with van der Waals surface area (Å²) in [4.78, 5) is 13.8. The van der Waals surface area contributed by atoms with Gasteiger partial charge in [0, 0.05) is 18.3 Å². The van der Waals surface area contributed by atoms with Crippen molar-refractivity contribution in [1.82, 2.24) is 9.97 Å². The molecule has 152 valence electrons. The highest BCUT2D eigenvalue weighted by Crippen LogP contribution is 2.42. The molecule has 4 rings (SSSR count). The zero-order valence-electron chi connectivity index (χ0n) is 15.4. The molecule has 1 aliphatic carbocycles. The Balaban J connectivity index is 1.79. The van der Waals surface area contributed by atoms with Gasteiger partial charge in [-0.1, -0.05) is 42.5 Å². The monoisotopic (exact) mass is 403 g/mol. The number of halogens is 3. The number of hydrogen-bond donors (Lipinski definition) is 2. The number of hydrogen-bond acceptors (Lipinski definition) is 6. The molecule has 1 aromatic carbocycles. The van der Waals surface area contributed by atoms with Crippen LogP contribution in [-0.4, -0.2) is 16.6 Å². The summed E-state index contributed by atoms with van der Waals surface area (Å²) in [5.74, 6) is -0.266. The van der Waals surface area contributed by atoms with Crippen molar-refractivity contribution in [3.05, 3.63) is 77.4 Å². The first-order valence-electron chi connectivity index (χ1n) is 9.13. The van der Waals surface area contributed by atoms with Crippen LogP contribution in [-0.2, 0) is 16.6 Å². The summed E-state index contributed by atoms with van der Waals surface area (Å²) < 4.78 is 41.2. The van der Waals surface area contributed by atoms with Gasteiger partial charge in [-0.25, -0.2) is 15.0 Å². The summed E-state index contributed by atoms with van der Waals surface area (Å²) in [5.41, 5.74) is 11.3. The standard InChI is InChI=1S/C20H20F3N5O/c21-20(22,23)15-12-26-18(19(25)9-6-14(24)7-10-19)27-17(15)28-16(8-11-29-28)13-4-2-1-3-5-13/h1-7,9,12,16H,8,10-11,24-25H2. The lowest BCUT2D eigenvalue weighted by Crippen LogP contribution is -2.38. The quantitative estimate of drug-likeness (QED) is 0.817. The minimum absolute atomic E-state index is 0.0720. The van der Waals surface area contributed by atoms with Gasteiger partial charge in [-0.15, -0.1) is 0 Å². The molecule has 0 saturated carbocycles. The lowest BCUT2D eigenvalue weighted by molar-refractivity contribution is -0.138. The molecule has 2 unspecified atom stereocenters. The minimum Gasteiger partial charge on any atom is -0.399 e. The van der Waals surface area contributed by atoms with Gasteiger partial charge < -0.3 is 11.5 Å². The molecule has 0 spiro atoms. The van der Waals surface area contributed by atoms with Gasteiger partial charge in [-0.3, -0.25) is 4.84 Å². The number of nitrogens with two attached hydrogens (primary N) is 2. The molecule has 0 radical (unpaired) electrons. The second-order valence-electron chi connectivity index (χ2n) is 7.08. The van der Waals surface area contributed by atoms with Crippen LogP contribution in [0.15, 0.2) is 60.5 Å². The molecule has 2 heterocycles. The Morgan fingerprint density at radius 1 is 1.21 bits per heavy atom. The minimum atomic E-state index is -4.64. The first-order valence-corrected chi connectivity index (χ1v) is 9.13. The normalized spacial score (nSPS) is 24.6. The molecule has 4 N–H and O–H groups in total. The SMILES string of the molecule is NC1=CCC(N)(c2ncc(C(F)(F)F)c(N3OCCC3c3ccccc3)n2)C=C1. The molecule has 6 nitrogen and oxygen atoms in total. The summed E-state index contributed by atoms with van der Waals surface area (Å²) >= 11 is 0. The van der Waals surface area contributed by atoms with Crippen LogP contribution in [0.2, 0.25) is 0 Å². The maximum atomic E-state index is 13.7. The van der Waals surface area contributed by atoms with Crippen LogP contribution in [0.3, 0.4) is 0 Å². The van der Waals surface area contributed by atoms with Crippen molar-refractivity contribution in [2.24, 2.45) is 11.5 Å². The van der Waals surface area contributed by atoms with Gasteiger partial charge in [0.05, 0.1) is 18.2 Å². The van der Waals surface area contributed by atoms with Gasteiger partial charge in [0.15, 0.2) is 11.6 Å². The fourth-order valence-corrected chi connectivity index (χ4v) is 3.45. The third-order valence-electron chi connectivity index (χ3n) is 5.04. The Morgan fingerprint density at radius 2 is 1.97 bits per heavy atom. The molecule has 0 amide bonds. The molecule has 2 aromatic rings. The summed E-state index contributed by atoms with van der Waals surface area (Å²) in [6.45, 7) is 0.281. The number of allylic oxidation sites excluding steroid dienone is 1. The summed E-state index contributed by atoms with van der Waals surface area (Å²) in [5, 5.41) is 1.23. The van der Waals surface area contributed by atoms with Crippen LogP contribution in [0.4, 0.5) is 19.0 Å². The van der Waals surface area contributed by atoms with Crippen molar-refractivity contribution in [2.45, 2.75) is 30.6 Å². The summed E-state index contributed by atoms with van der Waals surface area (Å²) in [6, 6.07) is 8.82. The Kier molecular flexibility index (Phi) is 4.79. The highest BCUT2D eigenvalue weighted by atomic mass is 19.4. The van der Waals surface area contributed by atoms with Crippen LogP contribution < -0.4 is 16.5 Å². The van der Waals surface area contributed by atoms with Crippen molar-refractivity contribution >= 4 is 5.82 Å². The second kappa shape index (κ2) is 7.16. The smallest absolute Gasteiger partial charge is 0.399 e. The van der Waals surface area contributed by atoms with Crippen LogP contribution >= 0.6 is 0 Å². The number of aromatic nitrogens is 2. The zero-order valence-corrected chi connectivity index (χ0v) is 15.4. The van der Waals surface area contributed by atoms with E-state index in [1.807, 2.05) is 30.3 Å². The highest BCUT2D eigenvalue weighted by Gasteiger charge is 2.42. The number of rotatable bonds is 3. The molecule has 2 atom stereocenters. The van der Waals surface area contributed by atoms with Gasteiger partial charge >= 0.3 is 6.18 Å². The van der Waals surface area contributed by atoms with E-state index in [1.54, 1.807) is 18.2 Å². The fraction of sp³-hybridized carbons (Fsp3) is 0.300. The lowest BCUT2D eigenvalue weighted by Gasteiger charge is -2.30. The zero-order chi connectivity index (χ0) is 20.6. The number of nitrogens with zero attached hydrogens (tertiary/aromatic N) is 3. The molecule has 1 aromatic heterocycles. The Morgan fingerprint density at radius 3 is 2.62 bits per heavy atom. The molecule has 9 heteroatoms. The molecule has 1 fully saturated rings. The van der Waals surface area contributed by atoms with Gasteiger partial charge in [-0.2, -0.15) is 13.2 Å². The fourth-order valence-electron chi connectivity index (χ4n) is 3.45. The molecular weight excluding hydrogens is 383 g/mol. The van der Waals surface area contributed by atoms with E-state index >= 15 is 0 Å². The van der Waals surface area contributed by atoms with Gasteiger partial charge in [-0.05, 0) is 18.1 Å². The summed E-state index contributed by atoms with van der Waals surface area (Å²) in [7, 11) is 0. The van der Waals surface area contributed by atoms with E-state index in [1.165, 1.54) is 5.06 Å². The Hall–Kier alpha value is -2.91. The van der Waals surface area contributed by atoms with E-state index in [4.69, 9.17) is 16.3 Å². The van der Waals surface area contributed by atoms with Crippen molar-refractivity contribution < 1.29 is 18.0 Å². The van der Waals surface area contributed by atoms with E-state index in [0.717, 1.165) is 11.8 Å². The number of anilines is 1. The first-order chi connectivity index (χ1) is 13.8. The van der Waals surface area contributed by atoms with Crippen molar-refractivity contribution in [2.75, 3.05) is 11.7 Å². The number of benzene rings is 1. The van der Waals surface area contributed by atoms with Crippen molar-refractivity contribution in [1.29, 1.82) is 0 Å². The molecule has 1 aliphatic heterocycles. The second-order valence-corrected chi connectivity index (χ2v) is 7.08. The Bertz CT molecular complexity index is 960. The number of hydroxylamine groups is 1.